The number of carbonyl (C=O) groups excluding carboxylic acids is 1. The number of amides is 1. The predicted octanol–water partition coefficient (Wildman–Crippen LogP) is 1.51. The number of nitrogens with two attached hydrogens (primary N) is 1. The molecule has 0 aliphatic heterocycles. The first-order valence-corrected chi connectivity index (χ1v) is 3.65. The minimum atomic E-state index is -1.71. The Morgan fingerprint density at radius 2 is 1.93 bits per heavy atom. The van der Waals surface area contributed by atoms with Gasteiger partial charge < -0.3 is 10.5 Å². The maximum absolute atomic E-state index is 13.2. The summed E-state index contributed by atoms with van der Waals surface area (Å²) >= 11 is 0. The van der Waals surface area contributed by atoms with Crippen molar-refractivity contribution in [1.29, 1.82) is 0 Å². The summed E-state index contributed by atoms with van der Waals surface area (Å²) in [7, 11) is 0. The van der Waals surface area contributed by atoms with E-state index >= 15 is 0 Å². The Balaban J connectivity index is 3.41. The summed E-state index contributed by atoms with van der Waals surface area (Å²) in [5, 5.41) is 0. The van der Waals surface area contributed by atoms with Gasteiger partial charge in [-0.3, -0.25) is 4.79 Å². The van der Waals surface area contributed by atoms with Crippen molar-refractivity contribution in [3.63, 3.8) is 0 Å². The van der Waals surface area contributed by atoms with Crippen molar-refractivity contribution in [2.75, 3.05) is 6.86 Å². The van der Waals surface area contributed by atoms with Crippen molar-refractivity contribution < 1.29 is 27.1 Å². The number of rotatable bonds is 3. The molecule has 82 valence electrons. The molecule has 0 aliphatic carbocycles. The third-order valence-electron chi connectivity index (χ3n) is 1.58. The lowest BCUT2D eigenvalue weighted by Gasteiger charge is -2.07. The normalized spacial score (nSPS) is 10.1. The second-order valence-electron chi connectivity index (χ2n) is 2.48. The van der Waals surface area contributed by atoms with Crippen LogP contribution in [0.15, 0.2) is 6.07 Å². The van der Waals surface area contributed by atoms with E-state index in [1.165, 1.54) is 0 Å². The van der Waals surface area contributed by atoms with E-state index in [-0.39, 0.29) is 6.07 Å². The van der Waals surface area contributed by atoms with E-state index in [2.05, 4.69) is 10.5 Å². The molecule has 2 N–H and O–H groups in total. The number of hydrogen-bond acceptors (Lipinski definition) is 2. The third kappa shape index (κ3) is 2.00. The number of ether oxygens (including phenoxy) is 1. The fourth-order valence-corrected chi connectivity index (χ4v) is 0.941. The Morgan fingerprint density at radius 1 is 1.33 bits per heavy atom. The molecule has 7 heteroatoms. The highest BCUT2D eigenvalue weighted by atomic mass is 19.2. The molecule has 0 radical (unpaired) electrons. The molecule has 0 aliphatic rings. The number of hydrogen-bond donors (Lipinski definition) is 1. The SMILES string of the molecule is NC(=O)c1cc(F)c(F)c(OCF)c1F. The van der Waals surface area contributed by atoms with Crippen molar-refractivity contribution in [3.05, 3.63) is 29.1 Å². The van der Waals surface area contributed by atoms with Crippen LogP contribution in [-0.4, -0.2) is 12.8 Å². The van der Waals surface area contributed by atoms with Crippen LogP contribution in [0, 0.1) is 17.5 Å². The Bertz CT molecular complexity index is 408. The van der Waals surface area contributed by atoms with Gasteiger partial charge in [0.25, 0.3) is 5.91 Å². The molecule has 0 atom stereocenters. The van der Waals surface area contributed by atoms with Gasteiger partial charge >= 0.3 is 0 Å². The first kappa shape index (κ1) is 11.3. The average Bonchev–Trinajstić information content (AvgIpc) is 2.18. The van der Waals surface area contributed by atoms with Gasteiger partial charge in [0, 0.05) is 0 Å². The van der Waals surface area contributed by atoms with E-state index in [0.29, 0.717) is 0 Å². The van der Waals surface area contributed by atoms with Crippen LogP contribution in [0.1, 0.15) is 10.4 Å². The van der Waals surface area contributed by atoms with Gasteiger partial charge in [-0.15, -0.1) is 0 Å². The van der Waals surface area contributed by atoms with Crippen molar-refractivity contribution in [1.82, 2.24) is 0 Å². The molecule has 0 heterocycles. The van der Waals surface area contributed by atoms with Crippen molar-refractivity contribution in [2.24, 2.45) is 5.73 Å². The molecule has 1 rings (SSSR count). The fraction of sp³-hybridized carbons (Fsp3) is 0.125. The number of benzene rings is 1. The lowest BCUT2D eigenvalue weighted by atomic mass is 10.1. The summed E-state index contributed by atoms with van der Waals surface area (Å²) in [5.74, 6) is -7.40. The van der Waals surface area contributed by atoms with E-state index in [0.717, 1.165) is 0 Å². The molecule has 0 bridgehead atoms. The summed E-state index contributed by atoms with van der Waals surface area (Å²) < 4.78 is 54.3. The Morgan fingerprint density at radius 3 is 2.40 bits per heavy atom. The molecule has 0 saturated heterocycles. The minimum absolute atomic E-state index is 0.276. The smallest absolute Gasteiger partial charge is 0.251 e. The number of alkyl halides is 1. The number of carbonyl (C=O) groups is 1. The molecule has 0 aromatic heterocycles. The second-order valence-corrected chi connectivity index (χ2v) is 2.48. The van der Waals surface area contributed by atoms with Crippen LogP contribution in [0.4, 0.5) is 17.6 Å². The van der Waals surface area contributed by atoms with Crippen LogP contribution >= 0.6 is 0 Å². The predicted molar refractivity (Wildman–Crippen MR) is 41.4 cm³/mol. The van der Waals surface area contributed by atoms with Crippen LogP contribution in [0.2, 0.25) is 0 Å². The second kappa shape index (κ2) is 4.16. The van der Waals surface area contributed by atoms with Gasteiger partial charge in [0.05, 0.1) is 5.56 Å². The van der Waals surface area contributed by atoms with E-state index in [9.17, 15) is 22.4 Å². The van der Waals surface area contributed by atoms with E-state index in [1.807, 2.05) is 0 Å². The standard InChI is InChI=1S/C8H5F4NO2/c9-2-15-7-5(11)3(8(13)14)1-4(10)6(7)12/h1H,2H2,(H2,13,14). The lowest BCUT2D eigenvalue weighted by molar-refractivity contribution is 0.0992. The van der Waals surface area contributed by atoms with Crippen molar-refractivity contribution in [3.8, 4) is 5.75 Å². The topological polar surface area (TPSA) is 52.3 Å². The van der Waals surface area contributed by atoms with Crippen molar-refractivity contribution in [2.45, 2.75) is 0 Å². The molecule has 0 saturated carbocycles. The average molecular weight is 223 g/mol. The quantitative estimate of drug-likeness (QED) is 0.623. The van der Waals surface area contributed by atoms with Crippen LogP contribution in [-0.2, 0) is 0 Å². The molecule has 3 nitrogen and oxygen atoms in total. The van der Waals surface area contributed by atoms with Crippen LogP contribution < -0.4 is 10.5 Å². The third-order valence-corrected chi connectivity index (χ3v) is 1.58. The van der Waals surface area contributed by atoms with E-state index < -0.39 is 41.5 Å². The molecular formula is C8H5F4NO2. The van der Waals surface area contributed by atoms with Gasteiger partial charge in [0.1, 0.15) is 0 Å². The molecule has 1 aromatic rings. The highest BCUT2D eigenvalue weighted by Gasteiger charge is 2.22. The maximum Gasteiger partial charge on any atom is 0.251 e. The highest BCUT2D eigenvalue weighted by molar-refractivity contribution is 5.93. The Labute approximate surface area is 81.4 Å². The number of halogens is 4. The lowest BCUT2D eigenvalue weighted by Crippen LogP contribution is -2.15. The van der Waals surface area contributed by atoms with E-state index in [1.54, 1.807) is 0 Å². The Kier molecular flexibility index (Phi) is 3.13. The largest absolute Gasteiger partial charge is 0.457 e. The van der Waals surface area contributed by atoms with Gasteiger partial charge in [-0.2, -0.15) is 4.39 Å². The van der Waals surface area contributed by atoms with Crippen LogP contribution in [0.25, 0.3) is 0 Å². The van der Waals surface area contributed by atoms with Crippen LogP contribution in [0.5, 0.6) is 5.75 Å². The molecule has 15 heavy (non-hydrogen) atoms. The molecule has 1 aromatic carbocycles. The molecule has 0 spiro atoms. The first-order chi connectivity index (χ1) is 6.99. The zero-order chi connectivity index (χ0) is 11.6. The summed E-state index contributed by atoms with van der Waals surface area (Å²) in [5.41, 5.74) is 3.78. The van der Waals surface area contributed by atoms with Crippen molar-refractivity contribution >= 4 is 5.91 Å². The minimum Gasteiger partial charge on any atom is -0.457 e. The fourth-order valence-electron chi connectivity index (χ4n) is 0.941. The zero-order valence-corrected chi connectivity index (χ0v) is 7.19. The molecule has 0 unspecified atom stereocenters. The molecular weight excluding hydrogens is 218 g/mol. The summed E-state index contributed by atoms with van der Waals surface area (Å²) in [6, 6.07) is 0.276. The van der Waals surface area contributed by atoms with Gasteiger partial charge in [-0.05, 0) is 6.07 Å². The maximum atomic E-state index is 13.2. The first-order valence-electron chi connectivity index (χ1n) is 3.65. The molecule has 0 fully saturated rings. The highest BCUT2D eigenvalue weighted by Crippen LogP contribution is 2.27. The number of primary amides is 1. The van der Waals surface area contributed by atoms with Gasteiger partial charge in [0.2, 0.25) is 12.7 Å². The van der Waals surface area contributed by atoms with Gasteiger partial charge in [-0.25, -0.2) is 13.2 Å². The monoisotopic (exact) mass is 223 g/mol. The summed E-state index contributed by atoms with van der Waals surface area (Å²) in [6.45, 7) is -1.56. The van der Waals surface area contributed by atoms with Gasteiger partial charge in [-0.1, -0.05) is 0 Å². The molecule has 1 amide bonds. The van der Waals surface area contributed by atoms with Crippen LogP contribution in [0.3, 0.4) is 0 Å². The van der Waals surface area contributed by atoms with E-state index in [4.69, 9.17) is 0 Å². The summed E-state index contributed by atoms with van der Waals surface area (Å²) in [6.07, 6.45) is 0. The van der Waals surface area contributed by atoms with Gasteiger partial charge in [0.15, 0.2) is 17.4 Å². The Hall–Kier alpha value is -1.79. The zero-order valence-electron chi connectivity index (χ0n) is 7.19. The summed E-state index contributed by atoms with van der Waals surface area (Å²) in [4.78, 5) is 10.6.